The minimum absolute atomic E-state index is 0.318. The van der Waals surface area contributed by atoms with Crippen molar-refractivity contribution in [1.29, 1.82) is 0 Å². The molecule has 0 aliphatic heterocycles. The van der Waals surface area contributed by atoms with Gasteiger partial charge in [-0.15, -0.1) is 11.3 Å². The van der Waals surface area contributed by atoms with Gasteiger partial charge in [0.25, 0.3) is 0 Å². The molecule has 0 atom stereocenters. The van der Waals surface area contributed by atoms with Gasteiger partial charge in [0.2, 0.25) is 0 Å². The standard InChI is InChI=1S/C12H9BrClNO2S/c13-8-1-2-11(10(14)4-8)15-5-9-3-7(6-18-9)12(16)17/h1-4,6,15H,5H2,(H,16,17). The molecule has 0 saturated heterocycles. The van der Waals surface area contributed by atoms with Gasteiger partial charge < -0.3 is 10.4 Å². The minimum atomic E-state index is -0.904. The van der Waals surface area contributed by atoms with Gasteiger partial charge in [-0.25, -0.2) is 4.79 Å². The third-order valence-electron chi connectivity index (χ3n) is 2.28. The summed E-state index contributed by atoms with van der Waals surface area (Å²) in [6.07, 6.45) is 0. The number of hydrogen-bond acceptors (Lipinski definition) is 3. The van der Waals surface area contributed by atoms with E-state index in [1.807, 2.05) is 12.1 Å². The maximum Gasteiger partial charge on any atom is 0.336 e. The second-order valence-corrected chi connectivity index (χ2v) is 5.90. The molecular weight excluding hydrogens is 338 g/mol. The highest BCUT2D eigenvalue weighted by molar-refractivity contribution is 9.10. The van der Waals surface area contributed by atoms with Gasteiger partial charge in [-0.1, -0.05) is 27.5 Å². The summed E-state index contributed by atoms with van der Waals surface area (Å²) >= 11 is 10.8. The van der Waals surface area contributed by atoms with Crippen LogP contribution in [-0.2, 0) is 6.54 Å². The summed E-state index contributed by atoms with van der Waals surface area (Å²) in [5.41, 5.74) is 1.14. The zero-order chi connectivity index (χ0) is 13.1. The van der Waals surface area contributed by atoms with Crippen LogP contribution in [0.4, 0.5) is 5.69 Å². The van der Waals surface area contributed by atoms with Gasteiger partial charge in [0.15, 0.2) is 0 Å². The van der Waals surface area contributed by atoms with Gasteiger partial charge >= 0.3 is 5.97 Å². The Hall–Kier alpha value is -1.04. The first kappa shape index (κ1) is 13.4. The molecule has 0 unspecified atom stereocenters. The van der Waals surface area contributed by atoms with Gasteiger partial charge in [0.1, 0.15) is 0 Å². The van der Waals surface area contributed by atoms with Crippen LogP contribution in [-0.4, -0.2) is 11.1 Å². The van der Waals surface area contributed by atoms with Gasteiger partial charge in [-0.2, -0.15) is 0 Å². The third-order valence-corrected chi connectivity index (χ3v) is 4.03. The molecule has 94 valence electrons. The van der Waals surface area contributed by atoms with Crippen LogP contribution in [0, 0.1) is 0 Å². The van der Waals surface area contributed by atoms with E-state index in [9.17, 15) is 4.79 Å². The Labute approximate surface area is 122 Å². The molecule has 6 heteroatoms. The number of rotatable bonds is 4. The van der Waals surface area contributed by atoms with Gasteiger partial charge in [0.05, 0.1) is 16.3 Å². The summed E-state index contributed by atoms with van der Waals surface area (Å²) in [6.45, 7) is 0.555. The quantitative estimate of drug-likeness (QED) is 0.858. The lowest BCUT2D eigenvalue weighted by Crippen LogP contribution is -1.98. The van der Waals surface area contributed by atoms with Crippen molar-refractivity contribution in [3.8, 4) is 0 Å². The third kappa shape index (κ3) is 3.25. The molecule has 0 radical (unpaired) electrons. The fourth-order valence-electron chi connectivity index (χ4n) is 1.40. The molecule has 0 bridgehead atoms. The first-order chi connectivity index (χ1) is 8.56. The van der Waals surface area contributed by atoms with E-state index >= 15 is 0 Å². The number of hydrogen-bond donors (Lipinski definition) is 2. The second-order valence-electron chi connectivity index (χ2n) is 3.58. The summed E-state index contributed by atoms with van der Waals surface area (Å²) in [5, 5.41) is 14.2. The van der Waals surface area contributed by atoms with E-state index < -0.39 is 5.97 Å². The van der Waals surface area contributed by atoms with Crippen molar-refractivity contribution >= 4 is 50.5 Å². The van der Waals surface area contributed by atoms with Crippen molar-refractivity contribution in [3.05, 3.63) is 49.6 Å². The van der Waals surface area contributed by atoms with E-state index in [1.54, 1.807) is 17.5 Å². The monoisotopic (exact) mass is 345 g/mol. The molecule has 3 nitrogen and oxygen atoms in total. The number of thiophene rings is 1. The molecule has 2 aromatic rings. The smallest absolute Gasteiger partial charge is 0.336 e. The van der Waals surface area contributed by atoms with E-state index in [1.165, 1.54) is 11.3 Å². The molecule has 0 saturated carbocycles. The van der Waals surface area contributed by atoms with Crippen molar-refractivity contribution in [2.45, 2.75) is 6.54 Å². The molecule has 2 N–H and O–H groups in total. The van der Waals surface area contributed by atoms with Crippen molar-refractivity contribution < 1.29 is 9.90 Å². The summed E-state index contributed by atoms with van der Waals surface area (Å²) in [6, 6.07) is 7.23. The lowest BCUT2D eigenvalue weighted by Gasteiger charge is -2.07. The molecule has 0 amide bonds. The average molecular weight is 347 g/mol. The van der Waals surface area contributed by atoms with E-state index in [4.69, 9.17) is 16.7 Å². The van der Waals surface area contributed by atoms with Gasteiger partial charge in [0, 0.05) is 21.3 Å². The van der Waals surface area contributed by atoms with E-state index in [2.05, 4.69) is 21.2 Å². The minimum Gasteiger partial charge on any atom is -0.478 e. The fraction of sp³-hybridized carbons (Fsp3) is 0.0833. The summed E-state index contributed by atoms with van der Waals surface area (Å²) in [4.78, 5) is 11.7. The van der Waals surface area contributed by atoms with Crippen LogP contribution < -0.4 is 5.32 Å². The Balaban J connectivity index is 2.04. The number of anilines is 1. The molecule has 18 heavy (non-hydrogen) atoms. The van der Waals surface area contributed by atoms with Gasteiger partial charge in [-0.3, -0.25) is 0 Å². The maximum absolute atomic E-state index is 10.7. The van der Waals surface area contributed by atoms with Crippen LogP contribution in [0.3, 0.4) is 0 Å². The summed E-state index contributed by atoms with van der Waals surface area (Å²) in [5.74, 6) is -0.904. The Bertz CT molecular complexity index is 585. The lowest BCUT2D eigenvalue weighted by atomic mass is 10.3. The number of aromatic carboxylic acids is 1. The number of carbonyl (C=O) groups is 1. The highest BCUT2D eigenvalue weighted by Gasteiger charge is 2.07. The van der Waals surface area contributed by atoms with Crippen molar-refractivity contribution in [3.63, 3.8) is 0 Å². The fourth-order valence-corrected chi connectivity index (χ4v) is 2.94. The molecule has 1 aromatic carbocycles. The first-order valence-corrected chi connectivity index (χ1v) is 7.11. The molecule has 0 aliphatic rings. The predicted molar refractivity (Wildman–Crippen MR) is 77.8 cm³/mol. The second kappa shape index (κ2) is 5.73. The Morgan fingerprint density at radius 1 is 1.44 bits per heavy atom. The average Bonchev–Trinajstić information content (AvgIpc) is 2.76. The van der Waals surface area contributed by atoms with Crippen LogP contribution in [0.25, 0.3) is 0 Å². The Morgan fingerprint density at radius 2 is 2.22 bits per heavy atom. The molecule has 0 fully saturated rings. The van der Waals surface area contributed by atoms with Crippen LogP contribution >= 0.6 is 38.9 Å². The zero-order valence-electron chi connectivity index (χ0n) is 9.11. The molecule has 0 aliphatic carbocycles. The van der Waals surface area contributed by atoms with Crippen LogP contribution in [0.2, 0.25) is 5.02 Å². The maximum atomic E-state index is 10.7. The number of carboxylic acid groups (broad SMARTS) is 1. The topological polar surface area (TPSA) is 49.3 Å². The number of nitrogens with one attached hydrogen (secondary N) is 1. The van der Waals surface area contributed by atoms with E-state index in [-0.39, 0.29) is 0 Å². The lowest BCUT2D eigenvalue weighted by molar-refractivity contribution is 0.0697. The first-order valence-electron chi connectivity index (χ1n) is 5.06. The van der Waals surface area contributed by atoms with E-state index in [0.717, 1.165) is 15.0 Å². The largest absolute Gasteiger partial charge is 0.478 e. The Morgan fingerprint density at radius 3 is 2.83 bits per heavy atom. The van der Waals surface area contributed by atoms with Gasteiger partial charge in [-0.05, 0) is 24.3 Å². The molecule has 2 rings (SSSR count). The molecule has 1 aromatic heterocycles. The summed E-state index contributed by atoms with van der Waals surface area (Å²) in [7, 11) is 0. The predicted octanol–water partition coefficient (Wildman–Crippen LogP) is 4.47. The number of benzene rings is 1. The molecular formula is C12H9BrClNO2S. The SMILES string of the molecule is O=C(O)c1csc(CNc2ccc(Br)cc2Cl)c1. The molecule has 1 heterocycles. The highest BCUT2D eigenvalue weighted by atomic mass is 79.9. The summed E-state index contributed by atoms with van der Waals surface area (Å²) < 4.78 is 0.919. The van der Waals surface area contributed by atoms with Crippen molar-refractivity contribution in [2.75, 3.05) is 5.32 Å². The normalized spacial score (nSPS) is 10.3. The van der Waals surface area contributed by atoms with Crippen molar-refractivity contribution in [2.24, 2.45) is 0 Å². The van der Waals surface area contributed by atoms with Crippen LogP contribution in [0.5, 0.6) is 0 Å². The number of carboxylic acids is 1. The van der Waals surface area contributed by atoms with Crippen LogP contribution in [0.1, 0.15) is 15.2 Å². The zero-order valence-corrected chi connectivity index (χ0v) is 12.3. The van der Waals surface area contributed by atoms with Crippen molar-refractivity contribution in [1.82, 2.24) is 0 Å². The van der Waals surface area contributed by atoms with Crippen LogP contribution in [0.15, 0.2) is 34.1 Å². The van der Waals surface area contributed by atoms with E-state index in [0.29, 0.717) is 17.1 Å². The highest BCUT2D eigenvalue weighted by Crippen LogP contribution is 2.26. The number of halogens is 2. The Kier molecular flexibility index (Phi) is 4.27. The molecule has 0 spiro atoms.